The summed E-state index contributed by atoms with van der Waals surface area (Å²) in [5.41, 5.74) is 6.04. The fourth-order valence-corrected chi connectivity index (χ4v) is 1.35. The molecule has 2 rings (SSSR count). The van der Waals surface area contributed by atoms with E-state index in [9.17, 15) is 4.79 Å². The smallest absolute Gasteiger partial charge is 0.185 e. The van der Waals surface area contributed by atoms with E-state index in [1.807, 2.05) is 6.92 Å². The normalized spacial score (nSPS) is 28.6. The van der Waals surface area contributed by atoms with Crippen molar-refractivity contribution in [3.05, 3.63) is 18.2 Å². The number of aromatic nitrogens is 2. The van der Waals surface area contributed by atoms with E-state index >= 15 is 0 Å². The van der Waals surface area contributed by atoms with Crippen molar-refractivity contribution in [2.75, 3.05) is 0 Å². The number of carbonyl (C=O) groups is 1. The van der Waals surface area contributed by atoms with Crippen LogP contribution in [-0.2, 0) is 0 Å². The van der Waals surface area contributed by atoms with Gasteiger partial charge < -0.3 is 10.7 Å². The molecule has 6 heteroatoms. The minimum absolute atomic E-state index is 0. The van der Waals surface area contributed by atoms with Crippen LogP contribution in [0, 0.1) is 5.92 Å². The van der Waals surface area contributed by atoms with Crippen LogP contribution in [0.1, 0.15) is 23.8 Å². The van der Waals surface area contributed by atoms with E-state index in [0.717, 1.165) is 6.42 Å². The Morgan fingerprint density at radius 2 is 2.29 bits per heavy atom. The second-order valence-corrected chi connectivity index (χ2v) is 3.59. The summed E-state index contributed by atoms with van der Waals surface area (Å²) in [6, 6.07) is 0. The third-order valence-electron chi connectivity index (χ3n) is 2.36. The summed E-state index contributed by atoms with van der Waals surface area (Å²) in [5, 5.41) is 0. The lowest BCUT2D eigenvalue weighted by molar-refractivity contribution is 0.0955. The molecule has 0 aliphatic heterocycles. The van der Waals surface area contributed by atoms with Gasteiger partial charge in [0.1, 0.15) is 5.69 Å². The van der Waals surface area contributed by atoms with Gasteiger partial charge in [-0.1, -0.05) is 0 Å². The molecule has 1 aromatic rings. The first-order valence-electron chi connectivity index (χ1n) is 3.93. The Labute approximate surface area is 94.5 Å². The molecule has 1 heterocycles. The van der Waals surface area contributed by atoms with Crippen molar-refractivity contribution in [2.24, 2.45) is 11.7 Å². The molecule has 0 spiro atoms. The number of halogens is 2. The van der Waals surface area contributed by atoms with Gasteiger partial charge in [-0.3, -0.25) is 4.79 Å². The number of Topliss-reactive ketones (excluding diaryl/α,β-unsaturated/α-hetero) is 1. The van der Waals surface area contributed by atoms with Gasteiger partial charge in [-0.05, 0) is 13.3 Å². The predicted octanol–water partition coefficient (Wildman–Crippen LogP) is 1.17. The van der Waals surface area contributed by atoms with Gasteiger partial charge in [-0.2, -0.15) is 0 Å². The van der Waals surface area contributed by atoms with Crippen LogP contribution in [0.15, 0.2) is 12.5 Å². The van der Waals surface area contributed by atoms with Crippen molar-refractivity contribution in [1.82, 2.24) is 9.97 Å². The number of aromatic amines is 1. The van der Waals surface area contributed by atoms with Crippen LogP contribution < -0.4 is 5.73 Å². The topological polar surface area (TPSA) is 71.8 Å². The van der Waals surface area contributed by atoms with Crippen LogP contribution in [0.2, 0.25) is 0 Å². The lowest BCUT2D eigenvalue weighted by atomic mass is 10.1. The van der Waals surface area contributed by atoms with E-state index in [-0.39, 0.29) is 42.1 Å². The molecule has 80 valence electrons. The molecule has 3 N–H and O–H groups in total. The van der Waals surface area contributed by atoms with E-state index < -0.39 is 0 Å². The fraction of sp³-hybridized carbons (Fsp3) is 0.500. The molecule has 4 nitrogen and oxygen atoms in total. The number of nitrogens with zero attached hydrogens (tertiary/aromatic N) is 1. The van der Waals surface area contributed by atoms with Crippen LogP contribution in [-0.4, -0.2) is 21.3 Å². The lowest BCUT2D eigenvalue weighted by Gasteiger charge is -1.99. The lowest BCUT2D eigenvalue weighted by Crippen LogP contribution is -2.23. The molecular weight excluding hydrogens is 225 g/mol. The summed E-state index contributed by atoms with van der Waals surface area (Å²) in [5.74, 6) is 0.0652. The highest BCUT2D eigenvalue weighted by atomic mass is 35.5. The van der Waals surface area contributed by atoms with Crippen molar-refractivity contribution >= 4 is 30.6 Å². The molecule has 1 fully saturated rings. The molecular formula is C8H13Cl2N3O. The zero-order chi connectivity index (χ0) is 8.77. The predicted molar refractivity (Wildman–Crippen MR) is 58.1 cm³/mol. The maximum absolute atomic E-state index is 11.5. The van der Waals surface area contributed by atoms with E-state index in [1.54, 1.807) is 0 Å². The Kier molecular flexibility index (Phi) is 4.12. The van der Waals surface area contributed by atoms with Crippen molar-refractivity contribution in [1.29, 1.82) is 0 Å². The molecule has 0 amide bonds. The number of hydrogen-bond donors (Lipinski definition) is 2. The number of hydrogen-bond acceptors (Lipinski definition) is 3. The number of nitrogens with two attached hydrogens (primary N) is 1. The van der Waals surface area contributed by atoms with Gasteiger partial charge in [0.2, 0.25) is 0 Å². The van der Waals surface area contributed by atoms with Gasteiger partial charge in [0.25, 0.3) is 0 Å². The molecule has 0 bridgehead atoms. The molecule has 1 aliphatic carbocycles. The maximum Gasteiger partial charge on any atom is 0.185 e. The molecule has 1 saturated carbocycles. The van der Waals surface area contributed by atoms with Crippen LogP contribution in [0.25, 0.3) is 0 Å². The molecule has 1 aliphatic rings. The molecule has 0 unspecified atom stereocenters. The minimum Gasteiger partial charge on any atom is -0.342 e. The van der Waals surface area contributed by atoms with Gasteiger partial charge in [0.15, 0.2) is 5.78 Å². The van der Waals surface area contributed by atoms with Crippen LogP contribution in [0.4, 0.5) is 0 Å². The van der Waals surface area contributed by atoms with Crippen LogP contribution in [0.3, 0.4) is 0 Å². The summed E-state index contributed by atoms with van der Waals surface area (Å²) in [4.78, 5) is 18.1. The average molecular weight is 238 g/mol. The summed E-state index contributed by atoms with van der Waals surface area (Å²) in [6.45, 7) is 1.89. The second kappa shape index (κ2) is 4.29. The van der Waals surface area contributed by atoms with Crippen molar-refractivity contribution in [3.63, 3.8) is 0 Å². The monoisotopic (exact) mass is 237 g/mol. The fourth-order valence-electron chi connectivity index (χ4n) is 1.35. The first-order valence-corrected chi connectivity index (χ1v) is 3.93. The third kappa shape index (κ3) is 2.26. The number of ketones is 1. The largest absolute Gasteiger partial charge is 0.342 e. The van der Waals surface area contributed by atoms with E-state index in [0.29, 0.717) is 5.69 Å². The Bertz CT molecular complexity index is 310. The first kappa shape index (κ1) is 13.4. The molecule has 0 saturated heterocycles. The van der Waals surface area contributed by atoms with Crippen LogP contribution in [0.5, 0.6) is 0 Å². The van der Waals surface area contributed by atoms with Crippen LogP contribution >= 0.6 is 24.8 Å². The van der Waals surface area contributed by atoms with Gasteiger partial charge in [0.05, 0.1) is 12.5 Å². The van der Waals surface area contributed by atoms with Crippen molar-refractivity contribution in [3.8, 4) is 0 Å². The number of imidazole rings is 1. The quantitative estimate of drug-likeness (QED) is 0.759. The van der Waals surface area contributed by atoms with E-state index in [2.05, 4.69) is 9.97 Å². The van der Waals surface area contributed by atoms with Gasteiger partial charge in [0, 0.05) is 11.5 Å². The summed E-state index contributed by atoms with van der Waals surface area (Å²) >= 11 is 0. The standard InChI is InChI=1S/C8H11N3O.2ClH/c1-8(9)2-5(8)7(12)6-3-10-4-11-6;;/h3-5H,2,9H2,1H3,(H,10,11);2*1H/t5-,8-;;/m0../s1. The van der Waals surface area contributed by atoms with E-state index in [4.69, 9.17) is 5.73 Å². The van der Waals surface area contributed by atoms with Gasteiger partial charge in [-0.25, -0.2) is 4.98 Å². The summed E-state index contributed by atoms with van der Waals surface area (Å²) in [6.07, 6.45) is 3.82. The number of rotatable bonds is 2. The van der Waals surface area contributed by atoms with Gasteiger partial charge in [-0.15, -0.1) is 24.8 Å². The highest BCUT2D eigenvalue weighted by molar-refractivity contribution is 5.98. The third-order valence-corrected chi connectivity index (χ3v) is 2.36. The minimum atomic E-state index is -0.289. The second-order valence-electron chi connectivity index (χ2n) is 3.59. The summed E-state index contributed by atoms with van der Waals surface area (Å²) < 4.78 is 0. The molecule has 14 heavy (non-hydrogen) atoms. The Hall–Kier alpha value is -0.580. The first-order chi connectivity index (χ1) is 5.61. The SMILES string of the molecule is C[C@]1(N)C[C@H]1C(=O)c1cnc[nH]1.Cl.Cl. The number of H-pyrrole nitrogens is 1. The Balaban J connectivity index is 0.000000845. The van der Waals surface area contributed by atoms with Crippen molar-refractivity contribution in [2.45, 2.75) is 18.9 Å². The molecule has 0 radical (unpaired) electrons. The zero-order valence-electron chi connectivity index (χ0n) is 7.69. The maximum atomic E-state index is 11.5. The summed E-state index contributed by atoms with van der Waals surface area (Å²) in [7, 11) is 0. The highest BCUT2D eigenvalue weighted by Crippen LogP contribution is 2.42. The molecule has 2 atom stereocenters. The average Bonchev–Trinajstić information content (AvgIpc) is 2.56. The zero-order valence-corrected chi connectivity index (χ0v) is 9.32. The van der Waals surface area contributed by atoms with Gasteiger partial charge >= 0.3 is 0 Å². The molecule has 1 aromatic heterocycles. The molecule has 0 aromatic carbocycles. The van der Waals surface area contributed by atoms with Crippen molar-refractivity contribution < 1.29 is 4.79 Å². The Morgan fingerprint density at radius 3 is 2.64 bits per heavy atom. The van der Waals surface area contributed by atoms with E-state index in [1.165, 1.54) is 12.5 Å². The highest BCUT2D eigenvalue weighted by Gasteiger charge is 2.51. The number of carbonyl (C=O) groups excluding carboxylic acids is 1. The Morgan fingerprint density at radius 1 is 1.71 bits per heavy atom. The number of nitrogens with one attached hydrogen (secondary N) is 1.